The molecule has 19 heavy (non-hydrogen) atoms. The van der Waals surface area contributed by atoms with Crippen LogP contribution in [0, 0.1) is 6.92 Å². The predicted molar refractivity (Wildman–Crippen MR) is 75.2 cm³/mol. The number of nitrogens with one attached hydrogen (secondary N) is 2. The monoisotopic (exact) mass is 251 g/mol. The number of pyridine rings is 1. The molecule has 1 amide bonds. The maximum Gasteiger partial charge on any atom is 0.274 e. The molecule has 0 radical (unpaired) electrons. The molecule has 0 spiro atoms. The third kappa shape index (κ3) is 2.20. The Morgan fingerprint density at radius 2 is 2.11 bits per heavy atom. The molecule has 2 N–H and O–H groups in total. The highest BCUT2D eigenvalue weighted by molar-refractivity contribution is 6.07. The van der Waals surface area contributed by atoms with Gasteiger partial charge in [0.05, 0.1) is 5.69 Å². The number of anilines is 1. The van der Waals surface area contributed by atoms with E-state index in [9.17, 15) is 4.79 Å². The van der Waals surface area contributed by atoms with Crippen molar-refractivity contribution in [3.8, 4) is 0 Å². The molecule has 2 aromatic heterocycles. The maximum absolute atomic E-state index is 12.1. The molecule has 0 unspecified atom stereocenters. The Hall–Kier alpha value is -2.62. The van der Waals surface area contributed by atoms with Gasteiger partial charge in [-0.1, -0.05) is 12.1 Å². The molecule has 1 aromatic carbocycles. The number of carbonyl (C=O) groups is 1. The van der Waals surface area contributed by atoms with Crippen LogP contribution < -0.4 is 5.32 Å². The summed E-state index contributed by atoms with van der Waals surface area (Å²) in [6.45, 7) is 1.99. The molecular formula is C15H13N3O. The van der Waals surface area contributed by atoms with Gasteiger partial charge < -0.3 is 10.3 Å². The SMILES string of the molecule is Cc1cc2c(NC(=O)c3ccccn3)cccc2[nH]1. The minimum Gasteiger partial charge on any atom is -0.359 e. The lowest BCUT2D eigenvalue weighted by Crippen LogP contribution is -2.13. The number of H-pyrrole nitrogens is 1. The molecule has 94 valence electrons. The van der Waals surface area contributed by atoms with Crippen molar-refractivity contribution in [2.75, 3.05) is 5.32 Å². The lowest BCUT2D eigenvalue weighted by Gasteiger charge is -2.05. The third-order valence-corrected chi connectivity index (χ3v) is 2.94. The molecule has 0 saturated carbocycles. The molecule has 0 bridgehead atoms. The predicted octanol–water partition coefficient (Wildman–Crippen LogP) is 3.12. The van der Waals surface area contributed by atoms with E-state index in [-0.39, 0.29) is 5.91 Å². The van der Waals surface area contributed by atoms with Crippen molar-refractivity contribution in [3.63, 3.8) is 0 Å². The van der Waals surface area contributed by atoms with Crippen LogP contribution in [0.25, 0.3) is 10.9 Å². The fourth-order valence-electron chi connectivity index (χ4n) is 2.09. The first-order valence-electron chi connectivity index (χ1n) is 6.05. The van der Waals surface area contributed by atoms with Gasteiger partial charge in [-0.05, 0) is 37.3 Å². The highest BCUT2D eigenvalue weighted by Gasteiger charge is 2.09. The van der Waals surface area contributed by atoms with Gasteiger partial charge in [-0.25, -0.2) is 0 Å². The zero-order valence-corrected chi connectivity index (χ0v) is 10.5. The van der Waals surface area contributed by atoms with Crippen LogP contribution >= 0.6 is 0 Å². The highest BCUT2D eigenvalue weighted by Crippen LogP contribution is 2.24. The van der Waals surface area contributed by atoms with Gasteiger partial charge in [-0.3, -0.25) is 9.78 Å². The summed E-state index contributed by atoms with van der Waals surface area (Å²) in [6, 6.07) is 13.1. The first-order chi connectivity index (χ1) is 9.24. The van der Waals surface area contributed by atoms with Crippen LogP contribution in [0.1, 0.15) is 16.2 Å². The van der Waals surface area contributed by atoms with Gasteiger partial charge in [0.25, 0.3) is 5.91 Å². The molecule has 0 saturated heterocycles. The number of rotatable bonds is 2. The van der Waals surface area contributed by atoms with E-state index in [0.717, 1.165) is 22.3 Å². The quantitative estimate of drug-likeness (QED) is 0.735. The Kier molecular flexibility index (Phi) is 2.76. The maximum atomic E-state index is 12.1. The largest absolute Gasteiger partial charge is 0.359 e. The molecule has 4 heteroatoms. The van der Waals surface area contributed by atoms with Gasteiger partial charge >= 0.3 is 0 Å². The average molecular weight is 251 g/mol. The molecule has 2 heterocycles. The molecule has 0 atom stereocenters. The Bertz CT molecular complexity index is 731. The normalized spacial score (nSPS) is 10.6. The van der Waals surface area contributed by atoms with Crippen molar-refractivity contribution in [1.29, 1.82) is 0 Å². The second-order valence-corrected chi connectivity index (χ2v) is 4.39. The average Bonchev–Trinajstić information content (AvgIpc) is 2.81. The van der Waals surface area contributed by atoms with Gasteiger partial charge in [-0.15, -0.1) is 0 Å². The molecule has 4 nitrogen and oxygen atoms in total. The second kappa shape index (κ2) is 4.57. The van der Waals surface area contributed by atoms with Gasteiger partial charge in [0, 0.05) is 22.8 Å². The van der Waals surface area contributed by atoms with E-state index >= 15 is 0 Å². The molecular weight excluding hydrogens is 238 g/mol. The van der Waals surface area contributed by atoms with Gasteiger partial charge in [0.15, 0.2) is 0 Å². The molecule has 3 rings (SSSR count). The summed E-state index contributed by atoms with van der Waals surface area (Å²) in [6.07, 6.45) is 1.61. The number of amides is 1. The van der Waals surface area contributed by atoms with Crippen LogP contribution in [-0.4, -0.2) is 15.9 Å². The van der Waals surface area contributed by atoms with E-state index in [2.05, 4.69) is 15.3 Å². The first kappa shape index (κ1) is 11.5. The number of benzene rings is 1. The van der Waals surface area contributed by atoms with Gasteiger partial charge in [0.2, 0.25) is 0 Å². The summed E-state index contributed by atoms with van der Waals surface area (Å²) < 4.78 is 0. The Labute approximate surface area is 110 Å². The summed E-state index contributed by atoms with van der Waals surface area (Å²) in [7, 11) is 0. The molecule has 0 aliphatic heterocycles. The number of fused-ring (bicyclic) bond motifs is 1. The van der Waals surface area contributed by atoms with Crippen molar-refractivity contribution >= 4 is 22.5 Å². The Morgan fingerprint density at radius 1 is 1.21 bits per heavy atom. The lowest BCUT2D eigenvalue weighted by atomic mass is 10.2. The number of hydrogen-bond donors (Lipinski definition) is 2. The number of aryl methyl sites for hydroxylation is 1. The highest BCUT2D eigenvalue weighted by atomic mass is 16.1. The summed E-state index contributed by atoms with van der Waals surface area (Å²) in [4.78, 5) is 19.4. The summed E-state index contributed by atoms with van der Waals surface area (Å²) in [5, 5.41) is 3.90. The van der Waals surface area contributed by atoms with E-state index in [1.807, 2.05) is 31.2 Å². The topological polar surface area (TPSA) is 57.8 Å². The van der Waals surface area contributed by atoms with Crippen LogP contribution in [0.5, 0.6) is 0 Å². The molecule has 0 aliphatic rings. The lowest BCUT2D eigenvalue weighted by molar-refractivity contribution is 0.102. The van der Waals surface area contributed by atoms with Crippen molar-refractivity contribution in [1.82, 2.24) is 9.97 Å². The van der Waals surface area contributed by atoms with Crippen LogP contribution in [0.4, 0.5) is 5.69 Å². The fourth-order valence-corrected chi connectivity index (χ4v) is 2.09. The van der Waals surface area contributed by atoms with E-state index in [1.54, 1.807) is 24.4 Å². The third-order valence-electron chi connectivity index (χ3n) is 2.94. The van der Waals surface area contributed by atoms with Crippen molar-refractivity contribution in [2.45, 2.75) is 6.92 Å². The smallest absolute Gasteiger partial charge is 0.274 e. The van der Waals surface area contributed by atoms with Crippen molar-refractivity contribution < 1.29 is 4.79 Å². The van der Waals surface area contributed by atoms with E-state index in [1.165, 1.54) is 0 Å². The van der Waals surface area contributed by atoms with E-state index in [0.29, 0.717) is 5.69 Å². The fraction of sp³-hybridized carbons (Fsp3) is 0.0667. The standard InChI is InChI=1S/C15H13N3O/c1-10-9-11-12(17-10)6-4-7-13(11)18-15(19)14-5-2-3-8-16-14/h2-9,17H,1H3,(H,18,19). The van der Waals surface area contributed by atoms with E-state index in [4.69, 9.17) is 0 Å². The summed E-state index contributed by atoms with van der Waals surface area (Å²) in [5.74, 6) is -0.202. The van der Waals surface area contributed by atoms with Crippen LogP contribution in [-0.2, 0) is 0 Å². The molecule has 0 aliphatic carbocycles. The number of hydrogen-bond acceptors (Lipinski definition) is 2. The van der Waals surface area contributed by atoms with Crippen molar-refractivity contribution in [3.05, 3.63) is 60.0 Å². The zero-order valence-electron chi connectivity index (χ0n) is 10.5. The van der Waals surface area contributed by atoms with E-state index < -0.39 is 0 Å². The zero-order chi connectivity index (χ0) is 13.2. The number of nitrogens with zero attached hydrogens (tertiary/aromatic N) is 1. The van der Waals surface area contributed by atoms with Crippen LogP contribution in [0.15, 0.2) is 48.7 Å². The Balaban J connectivity index is 1.95. The number of aromatic nitrogens is 2. The number of aromatic amines is 1. The van der Waals surface area contributed by atoms with Gasteiger partial charge in [0.1, 0.15) is 5.69 Å². The summed E-state index contributed by atoms with van der Waals surface area (Å²) >= 11 is 0. The first-order valence-corrected chi connectivity index (χ1v) is 6.05. The minimum atomic E-state index is -0.202. The Morgan fingerprint density at radius 3 is 2.89 bits per heavy atom. The van der Waals surface area contributed by atoms with Crippen LogP contribution in [0.3, 0.4) is 0 Å². The van der Waals surface area contributed by atoms with Gasteiger partial charge in [-0.2, -0.15) is 0 Å². The minimum absolute atomic E-state index is 0.202. The molecule has 0 fully saturated rings. The molecule has 3 aromatic rings. The van der Waals surface area contributed by atoms with Crippen LogP contribution in [0.2, 0.25) is 0 Å². The second-order valence-electron chi connectivity index (χ2n) is 4.39. The summed E-state index contributed by atoms with van der Waals surface area (Å²) in [5.41, 5.74) is 3.27. The number of carbonyl (C=O) groups excluding carboxylic acids is 1. The van der Waals surface area contributed by atoms with Crippen molar-refractivity contribution in [2.24, 2.45) is 0 Å².